The molecule has 0 spiro atoms. The fourth-order valence-corrected chi connectivity index (χ4v) is 1.57. The molecule has 1 N–H and O–H groups in total. The monoisotopic (exact) mass is 254 g/mol. The van der Waals surface area contributed by atoms with E-state index in [-0.39, 0.29) is 12.5 Å². The van der Waals surface area contributed by atoms with Crippen molar-refractivity contribution in [2.24, 2.45) is 0 Å². The first-order valence-electron chi connectivity index (χ1n) is 4.97. The summed E-state index contributed by atoms with van der Waals surface area (Å²) < 4.78 is 6.40. The lowest BCUT2D eigenvalue weighted by molar-refractivity contribution is -0.116. The standard InChI is InChI=1S/C10H11ClN4O2/c1-6-10(7(2)17-14-6)13-9(16)5-15-4-8(11)3-12-15/h3-4H,5H2,1-2H3,(H,13,16). The maximum absolute atomic E-state index is 11.7. The van der Waals surface area contributed by atoms with Crippen molar-refractivity contribution in [1.82, 2.24) is 14.9 Å². The summed E-state index contributed by atoms with van der Waals surface area (Å²) in [4.78, 5) is 11.7. The second-order valence-electron chi connectivity index (χ2n) is 3.60. The van der Waals surface area contributed by atoms with E-state index in [4.69, 9.17) is 16.1 Å². The van der Waals surface area contributed by atoms with Crippen LogP contribution in [-0.4, -0.2) is 20.8 Å². The molecule has 2 rings (SSSR count). The highest BCUT2D eigenvalue weighted by Crippen LogP contribution is 2.18. The molecule has 1 amide bonds. The molecule has 0 bridgehead atoms. The Bertz CT molecular complexity index is 527. The summed E-state index contributed by atoms with van der Waals surface area (Å²) in [6.45, 7) is 3.59. The molecule has 2 heterocycles. The summed E-state index contributed by atoms with van der Waals surface area (Å²) in [5, 5.41) is 10.9. The van der Waals surface area contributed by atoms with Gasteiger partial charge >= 0.3 is 0 Å². The van der Waals surface area contributed by atoms with Crippen molar-refractivity contribution in [3.63, 3.8) is 0 Å². The molecular weight excluding hydrogens is 244 g/mol. The van der Waals surface area contributed by atoms with Crippen molar-refractivity contribution < 1.29 is 9.32 Å². The van der Waals surface area contributed by atoms with Crippen molar-refractivity contribution >= 4 is 23.2 Å². The first-order chi connectivity index (χ1) is 8.06. The number of hydrogen-bond donors (Lipinski definition) is 1. The molecule has 0 aliphatic carbocycles. The van der Waals surface area contributed by atoms with Crippen LogP contribution in [0.15, 0.2) is 16.9 Å². The number of nitrogens with one attached hydrogen (secondary N) is 1. The van der Waals surface area contributed by atoms with Crippen molar-refractivity contribution in [3.05, 3.63) is 28.9 Å². The van der Waals surface area contributed by atoms with Gasteiger partial charge in [-0.15, -0.1) is 0 Å². The highest BCUT2D eigenvalue weighted by atomic mass is 35.5. The smallest absolute Gasteiger partial charge is 0.246 e. The predicted molar refractivity (Wildman–Crippen MR) is 61.8 cm³/mol. The Morgan fingerprint density at radius 2 is 2.35 bits per heavy atom. The second kappa shape index (κ2) is 4.58. The fourth-order valence-electron chi connectivity index (χ4n) is 1.41. The van der Waals surface area contributed by atoms with Crippen molar-refractivity contribution in [3.8, 4) is 0 Å². The van der Waals surface area contributed by atoms with Crippen LogP contribution in [0.25, 0.3) is 0 Å². The van der Waals surface area contributed by atoms with Crippen LogP contribution in [0.4, 0.5) is 5.69 Å². The quantitative estimate of drug-likeness (QED) is 0.906. The number of hydrogen-bond acceptors (Lipinski definition) is 4. The van der Waals surface area contributed by atoms with E-state index in [1.807, 2.05) is 0 Å². The Labute approximate surface area is 103 Å². The third kappa shape index (κ3) is 2.65. The minimum atomic E-state index is -0.209. The number of aromatic nitrogens is 3. The van der Waals surface area contributed by atoms with Crippen LogP contribution >= 0.6 is 11.6 Å². The first kappa shape index (κ1) is 11.7. The molecule has 6 nitrogen and oxygen atoms in total. The summed E-state index contributed by atoms with van der Waals surface area (Å²) in [7, 11) is 0. The van der Waals surface area contributed by atoms with Gasteiger partial charge in [0.2, 0.25) is 5.91 Å². The average molecular weight is 255 g/mol. The summed E-state index contributed by atoms with van der Waals surface area (Å²) in [5.41, 5.74) is 1.25. The molecule has 0 saturated heterocycles. The minimum Gasteiger partial charge on any atom is -0.359 e. The maximum atomic E-state index is 11.7. The van der Waals surface area contributed by atoms with E-state index in [1.54, 1.807) is 20.0 Å². The molecule has 0 aliphatic heterocycles. The Hall–Kier alpha value is -1.82. The topological polar surface area (TPSA) is 73.0 Å². The van der Waals surface area contributed by atoms with Gasteiger partial charge in [-0.2, -0.15) is 5.10 Å². The molecule has 0 aromatic carbocycles. The zero-order valence-electron chi connectivity index (χ0n) is 9.40. The third-order valence-corrected chi connectivity index (χ3v) is 2.40. The lowest BCUT2D eigenvalue weighted by Gasteiger charge is -2.03. The summed E-state index contributed by atoms with van der Waals surface area (Å²) in [6.07, 6.45) is 3.05. The molecule has 90 valence electrons. The largest absolute Gasteiger partial charge is 0.359 e. The van der Waals surface area contributed by atoms with Crippen molar-refractivity contribution in [2.75, 3.05) is 5.32 Å². The van der Waals surface area contributed by atoms with Gasteiger partial charge in [-0.05, 0) is 13.8 Å². The highest BCUT2D eigenvalue weighted by Gasteiger charge is 2.12. The van der Waals surface area contributed by atoms with Gasteiger partial charge in [-0.25, -0.2) is 0 Å². The molecule has 0 radical (unpaired) electrons. The second-order valence-corrected chi connectivity index (χ2v) is 4.04. The molecular formula is C10H11ClN4O2. The van der Waals surface area contributed by atoms with Gasteiger partial charge < -0.3 is 9.84 Å². The van der Waals surface area contributed by atoms with E-state index in [1.165, 1.54) is 10.9 Å². The Morgan fingerprint density at radius 1 is 1.59 bits per heavy atom. The first-order valence-corrected chi connectivity index (χ1v) is 5.34. The molecule has 2 aromatic rings. The normalized spacial score (nSPS) is 10.5. The van der Waals surface area contributed by atoms with Crippen molar-refractivity contribution in [1.29, 1.82) is 0 Å². The van der Waals surface area contributed by atoms with Gasteiger partial charge in [0.25, 0.3) is 0 Å². The number of rotatable bonds is 3. The lowest BCUT2D eigenvalue weighted by atomic mass is 10.3. The molecule has 0 fully saturated rings. The number of amides is 1. The van der Waals surface area contributed by atoms with Gasteiger partial charge in [-0.3, -0.25) is 9.48 Å². The Balaban J connectivity index is 2.03. The molecule has 7 heteroatoms. The summed E-state index contributed by atoms with van der Waals surface area (Å²) in [6, 6.07) is 0. The maximum Gasteiger partial charge on any atom is 0.246 e. The van der Waals surface area contributed by atoms with Gasteiger partial charge in [0.1, 0.15) is 17.9 Å². The zero-order valence-corrected chi connectivity index (χ0v) is 10.2. The molecule has 2 aromatic heterocycles. The Morgan fingerprint density at radius 3 is 2.88 bits per heavy atom. The van der Waals surface area contributed by atoms with Crippen LogP contribution < -0.4 is 5.32 Å². The van der Waals surface area contributed by atoms with Crippen LogP contribution in [-0.2, 0) is 11.3 Å². The van der Waals surface area contributed by atoms with E-state index < -0.39 is 0 Å². The average Bonchev–Trinajstić information content (AvgIpc) is 2.79. The van der Waals surface area contributed by atoms with Gasteiger partial charge in [0, 0.05) is 6.20 Å². The number of carbonyl (C=O) groups excluding carboxylic acids is 1. The molecule has 0 unspecified atom stereocenters. The van der Waals surface area contributed by atoms with Gasteiger partial charge in [-0.1, -0.05) is 16.8 Å². The lowest BCUT2D eigenvalue weighted by Crippen LogP contribution is -2.19. The SMILES string of the molecule is Cc1noc(C)c1NC(=O)Cn1cc(Cl)cn1. The van der Waals surface area contributed by atoms with E-state index in [9.17, 15) is 4.79 Å². The molecule has 0 atom stereocenters. The van der Waals surface area contributed by atoms with Crippen LogP contribution in [0.3, 0.4) is 0 Å². The van der Waals surface area contributed by atoms with Gasteiger partial charge in [0.05, 0.1) is 11.2 Å². The third-order valence-electron chi connectivity index (χ3n) is 2.21. The summed E-state index contributed by atoms with van der Waals surface area (Å²) >= 11 is 5.70. The van der Waals surface area contributed by atoms with E-state index in [0.717, 1.165) is 0 Å². The highest BCUT2D eigenvalue weighted by molar-refractivity contribution is 6.30. The van der Waals surface area contributed by atoms with Crippen LogP contribution in [0.2, 0.25) is 5.02 Å². The fraction of sp³-hybridized carbons (Fsp3) is 0.300. The number of aryl methyl sites for hydroxylation is 2. The number of nitrogens with zero attached hydrogens (tertiary/aromatic N) is 3. The number of carbonyl (C=O) groups is 1. The van der Waals surface area contributed by atoms with E-state index in [2.05, 4.69) is 15.6 Å². The van der Waals surface area contributed by atoms with Crippen LogP contribution in [0.5, 0.6) is 0 Å². The van der Waals surface area contributed by atoms with E-state index >= 15 is 0 Å². The van der Waals surface area contributed by atoms with E-state index in [0.29, 0.717) is 22.2 Å². The van der Waals surface area contributed by atoms with Crippen LogP contribution in [0.1, 0.15) is 11.5 Å². The van der Waals surface area contributed by atoms with Crippen molar-refractivity contribution in [2.45, 2.75) is 20.4 Å². The van der Waals surface area contributed by atoms with Crippen LogP contribution in [0, 0.1) is 13.8 Å². The summed E-state index contributed by atoms with van der Waals surface area (Å²) in [5.74, 6) is 0.369. The number of halogens is 1. The minimum absolute atomic E-state index is 0.0940. The van der Waals surface area contributed by atoms with Gasteiger partial charge in [0.15, 0.2) is 5.76 Å². The predicted octanol–water partition coefficient (Wildman–Crippen LogP) is 1.78. The molecule has 0 saturated carbocycles. The molecule has 0 aliphatic rings. The molecule has 17 heavy (non-hydrogen) atoms. The number of anilines is 1. The Kier molecular flexibility index (Phi) is 3.14. The zero-order chi connectivity index (χ0) is 12.4.